The third-order valence-corrected chi connectivity index (χ3v) is 3.27. The average Bonchev–Trinajstić information content (AvgIpc) is 2.52. The van der Waals surface area contributed by atoms with Gasteiger partial charge in [-0.3, -0.25) is 4.79 Å². The molecule has 2 heterocycles. The molecule has 8 nitrogen and oxygen atoms in total. The van der Waals surface area contributed by atoms with Crippen LogP contribution >= 0.6 is 0 Å². The quantitative estimate of drug-likeness (QED) is 0.831. The number of amides is 2. The zero-order valence-corrected chi connectivity index (χ0v) is 11.9. The molecule has 0 bridgehead atoms. The highest BCUT2D eigenvalue weighted by molar-refractivity contribution is 5.82. The summed E-state index contributed by atoms with van der Waals surface area (Å²) < 4.78 is 37.3. The van der Waals surface area contributed by atoms with Gasteiger partial charge in [0.05, 0.1) is 5.56 Å². The minimum atomic E-state index is -4.49. The molecular formula is C12H14F3N5O3. The van der Waals surface area contributed by atoms with Gasteiger partial charge >= 0.3 is 12.3 Å². The molecule has 2 rings (SSSR count). The zero-order valence-electron chi connectivity index (χ0n) is 11.9. The molecule has 0 saturated carbocycles. The average molecular weight is 333 g/mol. The molecule has 1 aliphatic heterocycles. The van der Waals surface area contributed by atoms with Gasteiger partial charge in [0.2, 0.25) is 11.9 Å². The zero-order chi connectivity index (χ0) is 17.0. The lowest BCUT2D eigenvalue weighted by Crippen LogP contribution is -2.51. The fraction of sp³-hybridized carbons (Fsp3) is 0.500. The Bertz CT molecular complexity index is 570. The van der Waals surface area contributed by atoms with Gasteiger partial charge in [-0.2, -0.15) is 13.2 Å². The van der Waals surface area contributed by atoms with Crippen LogP contribution < -0.4 is 10.2 Å². The molecule has 2 amide bonds. The number of piperazine rings is 1. The fourth-order valence-electron chi connectivity index (χ4n) is 2.05. The maximum Gasteiger partial charge on any atom is 0.419 e. The highest BCUT2D eigenvalue weighted by Gasteiger charge is 2.32. The number of carboxylic acid groups (broad SMARTS) is 1. The van der Waals surface area contributed by atoms with Gasteiger partial charge in [-0.15, -0.1) is 0 Å². The van der Waals surface area contributed by atoms with Crippen molar-refractivity contribution in [2.24, 2.45) is 0 Å². The highest BCUT2D eigenvalue weighted by atomic mass is 19.4. The Labute approximate surface area is 128 Å². The largest absolute Gasteiger partial charge is 0.465 e. The lowest BCUT2D eigenvalue weighted by atomic mass is 10.3. The molecule has 2 N–H and O–H groups in total. The predicted molar refractivity (Wildman–Crippen MR) is 71.9 cm³/mol. The van der Waals surface area contributed by atoms with Crippen molar-refractivity contribution in [3.8, 4) is 0 Å². The smallest absolute Gasteiger partial charge is 0.419 e. The van der Waals surface area contributed by atoms with Crippen LogP contribution in [0.5, 0.6) is 0 Å². The van der Waals surface area contributed by atoms with E-state index in [-0.39, 0.29) is 18.4 Å². The van der Waals surface area contributed by atoms with Crippen molar-refractivity contribution >= 4 is 17.9 Å². The van der Waals surface area contributed by atoms with E-state index in [2.05, 4.69) is 9.97 Å². The monoisotopic (exact) mass is 333 g/mol. The summed E-state index contributed by atoms with van der Waals surface area (Å²) in [4.78, 5) is 32.6. The molecule has 0 aliphatic carbocycles. The lowest BCUT2D eigenvalue weighted by molar-refractivity contribution is -0.138. The summed E-state index contributed by atoms with van der Waals surface area (Å²) in [6.07, 6.45) is -4.33. The Hall–Kier alpha value is -2.59. The van der Waals surface area contributed by atoms with Gasteiger partial charge in [-0.25, -0.2) is 14.8 Å². The van der Waals surface area contributed by atoms with Crippen LogP contribution in [0.2, 0.25) is 0 Å². The number of hydrogen-bond donors (Lipinski definition) is 2. The first kappa shape index (κ1) is 16.8. The lowest BCUT2D eigenvalue weighted by Gasteiger charge is -2.34. The molecule has 126 valence electrons. The fourth-order valence-corrected chi connectivity index (χ4v) is 2.05. The van der Waals surface area contributed by atoms with Crippen LogP contribution in [0, 0.1) is 0 Å². The second kappa shape index (κ2) is 6.67. The van der Waals surface area contributed by atoms with Gasteiger partial charge in [-0.05, 0) is 0 Å². The maximum atomic E-state index is 12.4. The van der Waals surface area contributed by atoms with Crippen LogP contribution in [-0.4, -0.2) is 64.7 Å². The number of hydrogen-bond acceptors (Lipinski definition) is 5. The van der Waals surface area contributed by atoms with Crippen LogP contribution in [-0.2, 0) is 11.0 Å². The second-order valence-electron chi connectivity index (χ2n) is 4.80. The van der Waals surface area contributed by atoms with Crippen molar-refractivity contribution in [1.82, 2.24) is 20.2 Å². The van der Waals surface area contributed by atoms with Gasteiger partial charge in [0.1, 0.15) is 6.54 Å². The molecule has 11 heteroatoms. The van der Waals surface area contributed by atoms with E-state index in [0.29, 0.717) is 26.2 Å². The Kier molecular flexibility index (Phi) is 4.86. The molecule has 0 aromatic carbocycles. The van der Waals surface area contributed by atoms with E-state index < -0.39 is 17.8 Å². The number of alkyl halides is 3. The molecule has 0 atom stereocenters. The minimum absolute atomic E-state index is 0.161. The van der Waals surface area contributed by atoms with Gasteiger partial charge in [0.15, 0.2) is 0 Å². The summed E-state index contributed by atoms with van der Waals surface area (Å²) in [5, 5.41) is 10.4. The van der Waals surface area contributed by atoms with Gasteiger partial charge in [0.25, 0.3) is 0 Å². The molecule has 1 fully saturated rings. The molecule has 23 heavy (non-hydrogen) atoms. The van der Waals surface area contributed by atoms with Crippen LogP contribution in [0.1, 0.15) is 5.56 Å². The number of anilines is 1. The van der Waals surface area contributed by atoms with Crippen molar-refractivity contribution in [3.05, 3.63) is 18.0 Å². The van der Waals surface area contributed by atoms with Crippen LogP contribution in [0.4, 0.5) is 23.9 Å². The van der Waals surface area contributed by atoms with Crippen molar-refractivity contribution in [3.63, 3.8) is 0 Å². The standard InChI is InChI=1S/C12H14F3N5O3/c13-12(14,15)8-5-16-10(17-6-8)20-3-1-19(2-4-20)9(21)7-18-11(22)23/h5-6,18H,1-4,7H2,(H,22,23). The normalized spacial score (nSPS) is 15.4. The van der Waals surface area contributed by atoms with E-state index >= 15 is 0 Å². The Morgan fingerprint density at radius 2 is 1.74 bits per heavy atom. The Balaban J connectivity index is 1.89. The molecule has 1 aromatic heterocycles. The van der Waals surface area contributed by atoms with Crippen LogP contribution in [0.15, 0.2) is 12.4 Å². The molecular weight excluding hydrogens is 319 g/mol. The third kappa shape index (κ3) is 4.44. The molecule has 1 aliphatic rings. The number of carbonyl (C=O) groups is 2. The Morgan fingerprint density at radius 3 is 2.22 bits per heavy atom. The highest BCUT2D eigenvalue weighted by Crippen LogP contribution is 2.28. The van der Waals surface area contributed by atoms with Crippen molar-refractivity contribution in [1.29, 1.82) is 0 Å². The molecule has 1 aromatic rings. The Morgan fingerprint density at radius 1 is 1.17 bits per heavy atom. The summed E-state index contributed by atoms with van der Waals surface area (Å²) in [6.45, 7) is 1.01. The first-order valence-corrected chi connectivity index (χ1v) is 6.66. The SMILES string of the molecule is O=C(O)NCC(=O)N1CCN(c2ncc(C(F)(F)F)cn2)CC1. The second-order valence-corrected chi connectivity index (χ2v) is 4.80. The number of nitrogens with one attached hydrogen (secondary N) is 1. The van der Waals surface area contributed by atoms with Crippen LogP contribution in [0.25, 0.3) is 0 Å². The van der Waals surface area contributed by atoms with Gasteiger partial charge < -0.3 is 20.2 Å². The number of carbonyl (C=O) groups excluding carboxylic acids is 1. The number of aromatic nitrogens is 2. The number of rotatable bonds is 3. The predicted octanol–water partition coefficient (Wildman–Crippen LogP) is 0.412. The van der Waals surface area contributed by atoms with Crippen molar-refractivity contribution in [2.75, 3.05) is 37.6 Å². The van der Waals surface area contributed by atoms with Gasteiger partial charge in [-0.1, -0.05) is 0 Å². The van der Waals surface area contributed by atoms with Gasteiger partial charge in [0, 0.05) is 38.6 Å². The summed E-state index contributed by atoms with van der Waals surface area (Å²) >= 11 is 0. The topological polar surface area (TPSA) is 98.7 Å². The molecule has 0 radical (unpaired) electrons. The maximum absolute atomic E-state index is 12.4. The first-order valence-electron chi connectivity index (χ1n) is 6.66. The van der Waals surface area contributed by atoms with E-state index in [0.717, 1.165) is 12.4 Å². The van der Waals surface area contributed by atoms with E-state index in [1.54, 1.807) is 4.90 Å². The third-order valence-electron chi connectivity index (χ3n) is 3.27. The molecule has 1 saturated heterocycles. The van der Waals surface area contributed by atoms with E-state index in [1.807, 2.05) is 5.32 Å². The van der Waals surface area contributed by atoms with E-state index in [1.165, 1.54) is 4.90 Å². The summed E-state index contributed by atoms with van der Waals surface area (Å²) in [7, 11) is 0. The summed E-state index contributed by atoms with van der Waals surface area (Å²) in [6, 6.07) is 0. The molecule has 0 unspecified atom stereocenters. The first-order chi connectivity index (χ1) is 10.8. The van der Waals surface area contributed by atoms with E-state index in [9.17, 15) is 22.8 Å². The minimum Gasteiger partial charge on any atom is -0.465 e. The van der Waals surface area contributed by atoms with E-state index in [4.69, 9.17) is 5.11 Å². The summed E-state index contributed by atoms with van der Waals surface area (Å²) in [5.74, 6) is -0.200. The van der Waals surface area contributed by atoms with Crippen molar-refractivity contribution in [2.45, 2.75) is 6.18 Å². The van der Waals surface area contributed by atoms with Crippen molar-refractivity contribution < 1.29 is 27.9 Å². The number of nitrogens with zero attached hydrogens (tertiary/aromatic N) is 4. The van der Waals surface area contributed by atoms with Crippen LogP contribution in [0.3, 0.4) is 0 Å². The summed E-state index contributed by atoms with van der Waals surface area (Å²) in [5.41, 5.74) is -0.921. The number of halogens is 3. The molecule has 0 spiro atoms.